The largest absolute Gasteiger partial charge is 0.474 e. The summed E-state index contributed by atoms with van der Waals surface area (Å²) >= 11 is 5.88. The van der Waals surface area contributed by atoms with Crippen LogP contribution in [-0.4, -0.2) is 41.5 Å². The van der Waals surface area contributed by atoms with Gasteiger partial charge in [-0.15, -0.1) is 5.10 Å². The van der Waals surface area contributed by atoms with Gasteiger partial charge in [0.1, 0.15) is 12.4 Å². The summed E-state index contributed by atoms with van der Waals surface area (Å²) < 4.78 is 10.5. The Kier molecular flexibility index (Phi) is 6.10. The number of carbonyl (C=O) groups is 1. The van der Waals surface area contributed by atoms with Crippen molar-refractivity contribution in [2.75, 3.05) is 25.6 Å². The molecule has 0 aliphatic heterocycles. The third-order valence-corrected chi connectivity index (χ3v) is 4.15. The molecule has 8 nitrogen and oxygen atoms in total. The van der Waals surface area contributed by atoms with Gasteiger partial charge >= 0.3 is 6.03 Å². The number of anilines is 1. The van der Waals surface area contributed by atoms with Crippen molar-refractivity contribution in [3.05, 3.63) is 47.1 Å². The van der Waals surface area contributed by atoms with E-state index in [2.05, 4.69) is 25.8 Å². The molecule has 1 unspecified atom stereocenters. The van der Waals surface area contributed by atoms with Crippen LogP contribution in [0.15, 0.2) is 36.5 Å². The van der Waals surface area contributed by atoms with Crippen molar-refractivity contribution < 1.29 is 14.3 Å². The molecule has 9 heteroatoms. The lowest BCUT2D eigenvalue weighted by molar-refractivity contribution is 0.144. The summed E-state index contributed by atoms with van der Waals surface area (Å²) in [7, 11) is 1.60. The van der Waals surface area contributed by atoms with Crippen LogP contribution in [0.25, 0.3) is 10.9 Å². The normalized spacial score (nSPS) is 12.0. The number of nitrogens with zero attached hydrogens (tertiary/aromatic N) is 2. The minimum absolute atomic E-state index is 0.182. The number of fused-ring (bicyclic) bond motifs is 1. The quantitative estimate of drug-likeness (QED) is 0.537. The molecule has 2 heterocycles. The van der Waals surface area contributed by atoms with Gasteiger partial charge in [-0.2, -0.15) is 0 Å². The maximum absolute atomic E-state index is 12.2. The molecule has 3 aromatic rings. The lowest BCUT2D eigenvalue weighted by Crippen LogP contribution is -2.31. The monoisotopic (exact) mass is 389 g/mol. The number of rotatable bonds is 7. The van der Waals surface area contributed by atoms with E-state index in [0.29, 0.717) is 35.5 Å². The lowest BCUT2D eigenvalue weighted by Gasteiger charge is -2.15. The van der Waals surface area contributed by atoms with Crippen molar-refractivity contribution in [2.24, 2.45) is 0 Å². The molecule has 0 bridgehead atoms. The number of H-pyrrole nitrogens is 1. The van der Waals surface area contributed by atoms with Gasteiger partial charge in [0, 0.05) is 24.4 Å². The number of benzene rings is 1. The van der Waals surface area contributed by atoms with Gasteiger partial charge in [0.25, 0.3) is 0 Å². The molecule has 0 fully saturated rings. The summed E-state index contributed by atoms with van der Waals surface area (Å²) in [5, 5.41) is 13.9. The first-order valence-corrected chi connectivity index (χ1v) is 8.73. The fourth-order valence-corrected chi connectivity index (χ4v) is 2.60. The number of halogens is 1. The zero-order valence-corrected chi connectivity index (χ0v) is 15.7. The first kappa shape index (κ1) is 18.9. The van der Waals surface area contributed by atoms with Crippen LogP contribution in [0.3, 0.4) is 0 Å². The molecule has 27 heavy (non-hydrogen) atoms. The summed E-state index contributed by atoms with van der Waals surface area (Å²) in [5.74, 6) is 0.845. The molecule has 0 aliphatic carbocycles. The fraction of sp³-hybridized carbons (Fsp3) is 0.278. The van der Waals surface area contributed by atoms with Gasteiger partial charge in [0.2, 0.25) is 5.88 Å². The second-order valence-electron chi connectivity index (χ2n) is 5.86. The van der Waals surface area contributed by atoms with Gasteiger partial charge in [0.05, 0.1) is 23.6 Å². The number of pyridine rings is 1. The number of aromatic amines is 1. The smallest absolute Gasteiger partial charge is 0.320 e. The highest BCUT2D eigenvalue weighted by Crippen LogP contribution is 2.23. The Morgan fingerprint density at radius 2 is 2.07 bits per heavy atom. The van der Waals surface area contributed by atoms with Crippen LogP contribution < -0.4 is 15.4 Å². The number of amides is 2. The van der Waals surface area contributed by atoms with Gasteiger partial charge in [-0.25, -0.2) is 9.78 Å². The van der Waals surface area contributed by atoms with Crippen molar-refractivity contribution in [2.45, 2.75) is 13.0 Å². The molecule has 142 valence electrons. The second-order valence-corrected chi connectivity index (χ2v) is 6.29. The van der Waals surface area contributed by atoms with E-state index in [1.54, 1.807) is 31.5 Å². The van der Waals surface area contributed by atoms with E-state index >= 15 is 0 Å². The fourth-order valence-electron chi connectivity index (χ4n) is 2.47. The van der Waals surface area contributed by atoms with Crippen molar-refractivity contribution in [1.29, 1.82) is 0 Å². The summed E-state index contributed by atoms with van der Waals surface area (Å²) in [6.07, 6.45) is 1.60. The number of nitrogens with one attached hydrogen (secondary N) is 3. The maximum Gasteiger partial charge on any atom is 0.320 e. The molecule has 3 rings (SSSR count). The molecule has 0 saturated carbocycles. The third-order valence-electron chi connectivity index (χ3n) is 3.90. The first-order chi connectivity index (χ1) is 13.1. The molecule has 0 aliphatic rings. The molecule has 0 radical (unpaired) electrons. The molecule has 2 amide bonds. The Bertz CT molecular complexity index is 913. The van der Waals surface area contributed by atoms with Crippen LogP contribution in [0.5, 0.6) is 5.88 Å². The summed E-state index contributed by atoms with van der Waals surface area (Å²) in [6.45, 7) is 2.74. The molecule has 2 aromatic heterocycles. The van der Waals surface area contributed by atoms with Crippen LogP contribution in [0, 0.1) is 0 Å². The highest BCUT2D eigenvalue weighted by molar-refractivity contribution is 6.30. The van der Waals surface area contributed by atoms with Crippen molar-refractivity contribution in [1.82, 2.24) is 20.5 Å². The van der Waals surface area contributed by atoms with Crippen molar-refractivity contribution in [3.63, 3.8) is 0 Å². The lowest BCUT2D eigenvalue weighted by atomic mass is 10.1. The minimum Gasteiger partial charge on any atom is -0.474 e. The Morgan fingerprint density at radius 3 is 2.81 bits per heavy atom. The van der Waals surface area contributed by atoms with Crippen LogP contribution in [0.1, 0.15) is 18.5 Å². The van der Waals surface area contributed by atoms with Gasteiger partial charge in [-0.3, -0.25) is 10.4 Å². The standard InChI is InChI=1S/C18H20ClN5O3/c1-11(12-3-5-13(19)6-4-12)21-18(25)22-16-9-15-14(10-20-16)17(24-23-15)27-8-7-26-2/h3-6,9-11H,7-8H2,1-2H3,(H,23,24)(H2,20,21,22,25). The Morgan fingerprint density at radius 1 is 1.30 bits per heavy atom. The van der Waals surface area contributed by atoms with Gasteiger partial charge < -0.3 is 14.8 Å². The number of methoxy groups -OCH3 is 1. The van der Waals surface area contributed by atoms with E-state index in [1.165, 1.54) is 0 Å². The molecular weight excluding hydrogens is 370 g/mol. The summed E-state index contributed by atoms with van der Waals surface area (Å²) in [6, 6.07) is 8.46. The van der Waals surface area contributed by atoms with E-state index in [-0.39, 0.29) is 12.1 Å². The zero-order valence-electron chi connectivity index (χ0n) is 15.0. The third kappa shape index (κ3) is 4.87. The molecule has 0 saturated heterocycles. The van der Waals surface area contributed by atoms with E-state index in [4.69, 9.17) is 21.1 Å². The van der Waals surface area contributed by atoms with Gasteiger partial charge in [-0.05, 0) is 24.6 Å². The maximum atomic E-state index is 12.2. The first-order valence-electron chi connectivity index (χ1n) is 8.35. The Labute approximate surface area is 161 Å². The molecule has 3 N–H and O–H groups in total. The van der Waals surface area contributed by atoms with Crippen LogP contribution in [0.2, 0.25) is 5.02 Å². The number of hydrogen-bond donors (Lipinski definition) is 3. The predicted molar refractivity (Wildman–Crippen MR) is 103 cm³/mol. The van der Waals surface area contributed by atoms with Crippen molar-refractivity contribution >= 4 is 34.4 Å². The summed E-state index contributed by atoms with van der Waals surface area (Å²) in [5.41, 5.74) is 1.66. The Balaban J connectivity index is 1.62. The molecule has 0 spiro atoms. The number of aromatic nitrogens is 3. The number of carbonyl (C=O) groups excluding carboxylic acids is 1. The van der Waals surface area contributed by atoms with Crippen LogP contribution >= 0.6 is 11.6 Å². The van der Waals surface area contributed by atoms with E-state index < -0.39 is 0 Å². The van der Waals surface area contributed by atoms with Crippen LogP contribution in [-0.2, 0) is 4.74 Å². The minimum atomic E-state index is -0.361. The highest BCUT2D eigenvalue weighted by atomic mass is 35.5. The molecular formula is C18H20ClN5O3. The highest BCUT2D eigenvalue weighted by Gasteiger charge is 2.12. The van der Waals surface area contributed by atoms with E-state index in [1.807, 2.05) is 19.1 Å². The van der Waals surface area contributed by atoms with Crippen LogP contribution in [0.4, 0.5) is 10.6 Å². The SMILES string of the molecule is COCCOc1n[nH]c2cc(NC(=O)NC(C)c3ccc(Cl)cc3)ncc12. The van der Waals surface area contributed by atoms with Crippen molar-refractivity contribution in [3.8, 4) is 5.88 Å². The average Bonchev–Trinajstić information content (AvgIpc) is 3.04. The van der Waals surface area contributed by atoms with Gasteiger partial charge in [-0.1, -0.05) is 23.7 Å². The topological polar surface area (TPSA) is 101 Å². The molecule has 1 atom stereocenters. The number of ether oxygens (including phenoxy) is 2. The Hall–Kier alpha value is -2.84. The second kappa shape index (κ2) is 8.70. The van der Waals surface area contributed by atoms with E-state index in [0.717, 1.165) is 10.9 Å². The predicted octanol–water partition coefficient (Wildman–Crippen LogP) is 3.52. The summed E-state index contributed by atoms with van der Waals surface area (Å²) in [4.78, 5) is 16.5. The molecule has 1 aromatic carbocycles. The zero-order chi connectivity index (χ0) is 19.2. The number of urea groups is 1. The number of hydrogen-bond acceptors (Lipinski definition) is 5. The van der Waals surface area contributed by atoms with Gasteiger partial charge in [0.15, 0.2) is 0 Å². The van der Waals surface area contributed by atoms with E-state index in [9.17, 15) is 4.79 Å². The average molecular weight is 390 g/mol.